The highest BCUT2D eigenvalue weighted by atomic mass is 16.3. The SMILES string of the molecule is O=C(Cn1ncc2cccn2c1=O)NCc1ccco1. The lowest BCUT2D eigenvalue weighted by atomic mass is 10.4. The number of amides is 1. The van der Waals surface area contributed by atoms with Gasteiger partial charge in [-0.25, -0.2) is 9.48 Å². The molecule has 0 radical (unpaired) electrons. The second-order valence-corrected chi connectivity index (χ2v) is 4.24. The quantitative estimate of drug-likeness (QED) is 0.745. The lowest BCUT2D eigenvalue weighted by Crippen LogP contribution is -2.35. The minimum atomic E-state index is -0.347. The van der Waals surface area contributed by atoms with Crippen molar-refractivity contribution in [1.29, 1.82) is 0 Å². The van der Waals surface area contributed by atoms with E-state index in [4.69, 9.17) is 4.42 Å². The zero-order valence-electron chi connectivity index (χ0n) is 10.5. The average molecular weight is 272 g/mol. The van der Waals surface area contributed by atoms with E-state index < -0.39 is 0 Å². The van der Waals surface area contributed by atoms with Crippen LogP contribution in [-0.4, -0.2) is 20.1 Å². The molecule has 0 aliphatic carbocycles. The van der Waals surface area contributed by atoms with Gasteiger partial charge >= 0.3 is 5.69 Å². The van der Waals surface area contributed by atoms with Crippen LogP contribution in [0.2, 0.25) is 0 Å². The Morgan fingerprint density at radius 1 is 1.35 bits per heavy atom. The van der Waals surface area contributed by atoms with Crippen molar-refractivity contribution in [3.05, 3.63) is 59.2 Å². The van der Waals surface area contributed by atoms with Gasteiger partial charge in [0.05, 0.1) is 24.5 Å². The Labute approximate surface area is 113 Å². The van der Waals surface area contributed by atoms with Gasteiger partial charge in [0, 0.05) is 6.20 Å². The van der Waals surface area contributed by atoms with Gasteiger partial charge in [0.1, 0.15) is 12.3 Å². The molecule has 0 atom stereocenters. The lowest BCUT2D eigenvalue weighted by Gasteiger charge is -2.05. The molecule has 7 nitrogen and oxygen atoms in total. The third kappa shape index (κ3) is 2.33. The van der Waals surface area contributed by atoms with E-state index in [1.54, 1.807) is 36.7 Å². The van der Waals surface area contributed by atoms with E-state index in [9.17, 15) is 9.59 Å². The summed E-state index contributed by atoms with van der Waals surface area (Å²) in [5.74, 6) is 0.349. The van der Waals surface area contributed by atoms with E-state index >= 15 is 0 Å². The van der Waals surface area contributed by atoms with E-state index in [-0.39, 0.29) is 24.7 Å². The highest BCUT2D eigenvalue weighted by Crippen LogP contribution is 1.99. The fourth-order valence-corrected chi connectivity index (χ4v) is 1.88. The second kappa shape index (κ2) is 5.04. The molecule has 0 aromatic carbocycles. The molecule has 3 heterocycles. The number of rotatable bonds is 4. The first-order chi connectivity index (χ1) is 9.74. The molecule has 0 spiro atoms. The highest BCUT2D eigenvalue weighted by Gasteiger charge is 2.08. The second-order valence-electron chi connectivity index (χ2n) is 4.24. The van der Waals surface area contributed by atoms with Crippen LogP contribution in [0.3, 0.4) is 0 Å². The fourth-order valence-electron chi connectivity index (χ4n) is 1.88. The summed E-state index contributed by atoms with van der Waals surface area (Å²) in [5, 5.41) is 6.62. The molecule has 3 aromatic heterocycles. The highest BCUT2D eigenvalue weighted by molar-refractivity contribution is 5.75. The van der Waals surface area contributed by atoms with Gasteiger partial charge in [-0.2, -0.15) is 5.10 Å². The number of nitrogens with one attached hydrogen (secondary N) is 1. The molecular formula is C13H12N4O3. The summed E-state index contributed by atoms with van der Waals surface area (Å²) in [6, 6.07) is 7.03. The number of furan rings is 1. The van der Waals surface area contributed by atoms with Crippen molar-refractivity contribution < 1.29 is 9.21 Å². The van der Waals surface area contributed by atoms with Crippen molar-refractivity contribution in [3.8, 4) is 0 Å². The molecule has 1 N–H and O–H groups in total. The summed E-state index contributed by atoms with van der Waals surface area (Å²) < 4.78 is 7.65. The maximum atomic E-state index is 12.0. The first-order valence-electron chi connectivity index (χ1n) is 6.06. The molecular weight excluding hydrogens is 260 g/mol. The van der Waals surface area contributed by atoms with Crippen molar-refractivity contribution in [3.63, 3.8) is 0 Å². The molecule has 102 valence electrons. The predicted octanol–water partition coefficient (Wildman–Crippen LogP) is 0.405. The van der Waals surface area contributed by atoms with E-state index in [2.05, 4.69) is 10.4 Å². The van der Waals surface area contributed by atoms with Crippen LogP contribution >= 0.6 is 0 Å². The van der Waals surface area contributed by atoms with Gasteiger partial charge in [-0.3, -0.25) is 9.20 Å². The van der Waals surface area contributed by atoms with Gasteiger partial charge in [0.2, 0.25) is 5.91 Å². The zero-order chi connectivity index (χ0) is 13.9. The van der Waals surface area contributed by atoms with E-state index in [0.29, 0.717) is 11.3 Å². The number of carbonyl (C=O) groups excluding carboxylic acids is 1. The third-order valence-corrected chi connectivity index (χ3v) is 2.87. The van der Waals surface area contributed by atoms with Crippen LogP contribution in [0.4, 0.5) is 0 Å². The maximum absolute atomic E-state index is 12.0. The van der Waals surface area contributed by atoms with Gasteiger partial charge in [-0.15, -0.1) is 0 Å². The average Bonchev–Trinajstić information content (AvgIpc) is 3.10. The van der Waals surface area contributed by atoms with E-state index in [0.717, 1.165) is 4.68 Å². The fraction of sp³-hybridized carbons (Fsp3) is 0.154. The standard InChI is InChI=1S/C13H12N4O3/c18-12(14-8-11-4-2-6-20-11)9-17-13(19)16-5-1-3-10(16)7-15-17/h1-7H,8-9H2,(H,14,18). The predicted molar refractivity (Wildman–Crippen MR) is 70.0 cm³/mol. The monoisotopic (exact) mass is 272 g/mol. The Morgan fingerprint density at radius 2 is 2.25 bits per heavy atom. The van der Waals surface area contributed by atoms with Crippen molar-refractivity contribution in [2.75, 3.05) is 0 Å². The van der Waals surface area contributed by atoms with Crippen molar-refractivity contribution in [1.82, 2.24) is 19.5 Å². The molecule has 7 heteroatoms. The molecule has 3 aromatic rings. The van der Waals surface area contributed by atoms with Crippen LogP contribution in [0, 0.1) is 0 Å². The van der Waals surface area contributed by atoms with Crippen LogP contribution < -0.4 is 11.0 Å². The van der Waals surface area contributed by atoms with Gasteiger partial charge < -0.3 is 9.73 Å². The minimum absolute atomic E-state index is 0.131. The number of carbonyl (C=O) groups is 1. The first kappa shape index (κ1) is 12.2. The molecule has 0 saturated heterocycles. The molecule has 0 fully saturated rings. The topological polar surface area (TPSA) is 81.5 Å². The first-order valence-corrected chi connectivity index (χ1v) is 6.06. The van der Waals surface area contributed by atoms with Crippen molar-refractivity contribution >= 4 is 11.4 Å². The Hall–Kier alpha value is -2.83. The maximum Gasteiger partial charge on any atom is 0.349 e. The van der Waals surface area contributed by atoms with Gasteiger partial charge in [-0.1, -0.05) is 0 Å². The zero-order valence-corrected chi connectivity index (χ0v) is 10.5. The number of aromatic nitrogens is 3. The van der Waals surface area contributed by atoms with E-state index in [1.165, 1.54) is 10.7 Å². The molecule has 0 saturated carbocycles. The summed E-state index contributed by atoms with van der Waals surface area (Å²) in [6.45, 7) is 0.153. The summed E-state index contributed by atoms with van der Waals surface area (Å²) in [6.07, 6.45) is 4.71. The van der Waals surface area contributed by atoms with Crippen LogP contribution in [0.15, 0.2) is 52.1 Å². The van der Waals surface area contributed by atoms with Gasteiger partial charge in [-0.05, 0) is 24.3 Å². The van der Waals surface area contributed by atoms with Crippen LogP contribution in [-0.2, 0) is 17.9 Å². The summed E-state index contributed by atoms with van der Waals surface area (Å²) in [7, 11) is 0. The molecule has 20 heavy (non-hydrogen) atoms. The Morgan fingerprint density at radius 3 is 3.05 bits per heavy atom. The number of hydrogen-bond donors (Lipinski definition) is 1. The Balaban J connectivity index is 1.71. The third-order valence-electron chi connectivity index (χ3n) is 2.87. The summed E-state index contributed by atoms with van der Waals surface area (Å²) >= 11 is 0. The van der Waals surface area contributed by atoms with Crippen LogP contribution in [0.5, 0.6) is 0 Å². The normalized spacial score (nSPS) is 10.8. The largest absolute Gasteiger partial charge is 0.467 e. The van der Waals surface area contributed by atoms with Gasteiger partial charge in [0.25, 0.3) is 0 Å². The molecule has 3 rings (SSSR count). The molecule has 0 unspecified atom stereocenters. The number of nitrogens with zero attached hydrogens (tertiary/aromatic N) is 3. The van der Waals surface area contributed by atoms with Crippen molar-refractivity contribution in [2.45, 2.75) is 13.1 Å². The van der Waals surface area contributed by atoms with E-state index in [1.807, 2.05) is 0 Å². The molecule has 0 aliphatic rings. The van der Waals surface area contributed by atoms with Gasteiger partial charge in [0.15, 0.2) is 0 Å². The lowest BCUT2D eigenvalue weighted by molar-refractivity contribution is -0.122. The summed E-state index contributed by atoms with van der Waals surface area (Å²) in [5.41, 5.74) is 0.350. The number of hydrogen-bond acceptors (Lipinski definition) is 4. The van der Waals surface area contributed by atoms with Crippen LogP contribution in [0.25, 0.3) is 5.52 Å². The molecule has 0 bridgehead atoms. The molecule has 0 aliphatic heterocycles. The smallest absolute Gasteiger partial charge is 0.349 e. The molecule has 1 amide bonds. The number of fused-ring (bicyclic) bond motifs is 1. The summed E-state index contributed by atoms with van der Waals surface area (Å²) in [4.78, 5) is 23.8. The minimum Gasteiger partial charge on any atom is -0.467 e. The van der Waals surface area contributed by atoms with Crippen molar-refractivity contribution in [2.24, 2.45) is 0 Å². The Kier molecular flexibility index (Phi) is 3.08. The Bertz CT molecular complexity index is 785. The van der Waals surface area contributed by atoms with Crippen LogP contribution in [0.1, 0.15) is 5.76 Å².